The molecule has 1 amide bonds. The first-order valence-corrected chi connectivity index (χ1v) is 7.63. The normalized spacial score (nSPS) is 19.0. The van der Waals surface area contributed by atoms with Crippen LogP contribution in [-0.2, 0) is 13.6 Å². The van der Waals surface area contributed by atoms with E-state index in [1.54, 1.807) is 16.9 Å². The van der Waals surface area contributed by atoms with E-state index in [1.807, 2.05) is 31.4 Å². The lowest BCUT2D eigenvalue weighted by Crippen LogP contribution is -2.47. The predicted octanol–water partition coefficient (Wildman–Crippen LogP) is 1.21. The molecule has 0 aliphatic carbocycles. The van der Waals surface area contributed by atoms with Gasteiger partial charge in [-0.15, -0.1) is 0 Å². The van der Waals surface area contributed by atoms with E-state index in [4.69, 9.17) is 0 Å². The van der Waals surface area contributed by atoms with E-state index >= 15 is 0 Å². The number of carbonyl (C=O) groups is 1. The maximum atomic E-state index is 12.2. The Morgan fingerprint density at radius 1 is 1.41 bits per heavy atom. The van der Waals surface area contributed by atoms with E-state index in [0.29, 0.717) is 5.69 Å². The lowest BCUT2D eigenvalue weighted by atomic mass is 10.1. The molecule has 1 atom stereocenters. The van der Waals surface area contributed by atoms with Crippen molar-refractivity contribution in [3.05, 3.63) is 48.0 Å². The van der Waals surface area contributed by atoms with Crippen molar-refractivity contribution in [1.29, 1.82) is 0 Å². The lowest BCUT2D eigenvalue weighted by Gasteiger charge is -2.32. The second-order valence-corrected chi connectivity index (χ2v) is 5.74. The highest BCUT2D eigenvalue weighted by Crippen LogP contribution is 2.13. The Labute approximate surface area is 130 Å². The zero-order valence-corrected chi connectivity index (χ0v) is 12.8. The van der Waals surface area contributed by atoms with Crippen LogP contribution in [0.3, 0.4) is 0 Å². The van der Waals surface area contributed by atoms with Crippen molar-refractivity contribution in [3.8, 4) is 0 Å². The Hall–Kier alpha value is -2.21. The summed E-state index contributed by atoms with van der Waals surface area (Å²) in [5.74, 6) is -0.0923. The van der Waals surface area contributed by atoms with Gasteiger partial charge < -0.3 is 5.32 Å². The number of carbonyl (C=O) groups excluding carboxylic acids is 1. The van der Waals surface area contributed by atoms with Crippen LogP contribution in [0.25, 0.3) is 0 Å². The molecule has 3 rings (SSSR count). The Kier molecular flexibility index (Phi) is 4.48. The van der Waals surface area contributed by atoms with E-state index in [-0.39, 0.29) is 11.9 Å². The highest BCUT2D eigenvalue weighted by molar-refractivity contribution is 5.92. The molecule has 1 aliphatic heterocycles. The number of likely N-dealkylation sites (tertiary alicyclic amines) is 1. The topological polar surface area (TPSA) is 63.1 Å². The van der Waals surface area contributed by atoms with E-state index in [1.165, 1.54) is 0 Å². The van der Waals surface area contributed by atoms with Crippen molar-refractivity contribution in [3.63, 3.8) is 0 Å². The van der Waals surface area contributed by atoms with Crippen LogP contribution >= 0.6 is 0 Å². The summed E-state index contributed by atoms with van der Waals surface area (Å²) in [6, 6.07) is 7.88. The Bertz CT molecular complexity index is 624. The van der Waals surface area contributed by atoms with Gasteiger partial charge in [0.2, 0.25) is 0 Å². The molecule has 0 spiro atoms. The summed E-state index contributed by atoms with van der Waals surface area (Å²) in [5, 5.41) is 7.23. The standard InChI is InChI=1S/C16H21N5O/c1-20-10-7-15(19-20)16(22)18-14-6-4-9-21(12-14)11-13-5-2-3-8-17-13/h2-3,5,7-8,10,14H,4,6,9,11-12H2,1H3,(H,18,22). The molecular weight excluding hydrogens is 278 g/mol. The van der Waals surface area contributed by atoms with E-state index in [0.717, 1.165) is 38.2 Å². The summed E-state index contributed by atoms with van der Waals surface area (Å²) in [7, 11) is 1.81. The van der Waals surface area contributed by atoms with Gasteiger partial charge in [-0.05, 0) is 37.6 Å². The van der Waals surface area contributed by atoms with Gasteiger partial charge in [0.15, 0.2) is 0 Å². The number of piperidine rings is 1. The fourth-order valence-electron chi connectivity index (χ4n) is 2.83. The van der Waals surface area contributed by atoms with Gasteiger partial charge in [0.1, 0.15) is 5.69 Å². The van der Waals surface area contributed by atoms with Gasteiger partial charge in [-0.3, -0.25) is 19.4 Å². The highest BCUT2D eigenvalue weighted by Gasteiger charge is 2.22. The minimum atomic E-state index is -0.0923. The zero-order valence-electron chi connectivity index (χ0n) is 12.8. The molecule has 1 fully saturated rings. The number of amides is 1. The number of hydrogen-bond donors (Lipinski definition) is 1. The summed E-state index contributed by atoms with van der Waals surface area (Å²) in [4.78, 5) is 18.9. The van der Waals surface area contributed by atoms with Crippen LogP contribution in [-0.4, -0.2) is 44.7 Å². The summed E-state index contributed by atoms with van der Waals surface area (Å²) in [6.07, 6.45) is 5.69. The first kappa shape index (κ1) is 14.7. The Morgan fingerprint density at radius 2 is 2.32 bits per heavy atom. The van der Waals surface area contributed by atoms with Crippen LogP contribution in [0.5, 0.6) is 0 Å². The Balaban J connectivity index is 1.55. The molecule has 2 aromatic heterocycles. The molecule has 1 saturated heterocycles. The molecule has 2 aromatic rings. The predicted molar refractivity (Wildman–Crippen MR) is 83.2 cm³/mol. The summed E-state index contributed by atoms with van der Waals surface area (Å²) in [5.41, 5.74) is 1.54. The SMILES string of the molecule is Cn1ccc(C(=O)NC2CCCN(Cc3ccccn3)C2)n1. The molecule has 6 heteroatoms. The number of nitrogens with zero attached hydrogens (tertiary/aromatic N) is 4. The fraction of sp³-hybridized carbons (Fsp3) is 0.438. The maximum absolute atomic E-state index is 12.2. The van der Waals surface area contributed by atoms with Gasteiger partial charge in [-0.25, -0.2) is 0 Å². The monoisotopic (exact) mass is 299 g/mol. The third kappa shape index (κ3) is 3.71. The van der Waals surface area contributed by atoms with Gasteiger partial charge in [0, 0.05) is 38.6 Å². The van der Waals surface area contributed by atoms with Gasteiger partial charge >= 0.3 is 0 Å². The van der Waals surface area contributed by atoms with Crippen LogP contribution in [0, 0.1) is 0 Å². The molecule has 0 bridgehead atoms. The molecule has 1 unspecified atom stereocenters. The summed E-state index contributed by atoms with van der Waals surface area (Å²) < 4.78 is 1.64. The molecule has 0 saturated carbocycles. The molecular formula is C16H21N5O. The van der Waals surface area contributed by atoms with Crippen LogP contribution in [0.1, 0.15) is 29.0 Å². The van der Waals surface area contributed by atoms with Crippen molar-refractivity contribution < 1.29 is 4.79 Å². The van der Waals surface area contributed by atoms with Gasteiger partial charge in [-0.2, -0.15) is 5.10 Å². The van der Waals surface area contributed by atoms with Crippen molar-refractivity contribution in [1.82, 2.24) is 25.0 Å². The molecule has 22 heavy (non-hydrogen) atoms. The highest BCUT2D eigenvalue weighted by atomic mass is 16.2. The Morgan fingerprint density at radius 3 is 3.05 bits per heavy atom. The zero-order chi connectivity index (χ0) is 15.4. The largest absolute Gasteiger partial charge is 0.347 e. The molecule has 1 N–H and O–H groups in total. The van der Waals surface area contributed by atoms with Gasteiger partial charge in [-0.1, -0.05) is 6.07 Å². The quantitative estimate of drug-likeness (QED) is 0.922. The third-order valence-corrected chi connectivity index (χ3v) is 3.90. The number of aromatic nitrogens is 3. The maximum Gasteiger partial charge on any atom is 0.272 e. The fourth-order valence-corrected chi connectivity index (χ4v) is 2.83. The molecule has 116 valence electrons. The average Bonchev–Trinajstić information content (AvgIpc) is 2.95. The van der Waals surface area contributed by atoms with Gasteiger partial charge in [0.25, 0.3) is 5.91 Å². The molecule has 0 radical (unpaired) electrons. The molecule has 3 heterocycles. The van der Waals surface area contributed by atoms with Crippen LogP contribution in [0.2, 0.25) is 0 Å². The first-order valence-electron chi connectivity index (χ1n) is 7.63. The van der Waals surface area contributed by atoms with Crippen LogP contribution in [0.15, 0.2) is 36.7 Å². The van der Waals surface area contributed by atoms with E-state index < -0.39 is 0 Å². The molecule has 0 aromatic carbocycles. The van der Waals surface area contributed by atoms with Crippen molar-refractivity contribution in [2.45, 2.75) is 25.4 Å². The second-order valence-electron chi connectivity index (χ2n) is 5.74. The summed E-state index contributed by atoms with van der Waals surface area (Å²) in [6.45, 7) is 2.73. The van der Waals surface area contributed by atoms with Crippen LogP contribution in [0.4, 0.5) is 0 Å². The second kappa shape index (κ2) is 6.70. The smallest absolute Gasteiger partial charge is 0.272 e. The number of pyridine rings is 1. The number of aryl methyl sites for hydroxylation is 1. The first-order chi connectivity index (χ1) is 10.7. The number of nitrogens with one attached hydrogen (secondary N) is 1. The van der Waals surface area contributed by atoms with E-state index in [9.17, 15) is 4.79 Å². The number of hydrogen-bond acceptors (Lipinski definition) is 4. The molecule has 6 nitrogen and oxygen atoms in total. The lowest BCUT2D eigenvalue weighted by molar-refractivity contribution is 0.0894. The van der Waals surface area contributed by atoms with Crippen molar-refractivity contribution in [2.75, 3.05) is 13.1 Å². The summed E-state index contributed by atoms with van der Waals surface area (Å²) >= 11 is 0. The van der Waals surface area contributed by atoms with Gasteiger partial charge in [0.05, 0.1) is 5.69 Å². The van der Waals surface area contributed by atoms with Crippen LogP contribution < -0.4 is 5.32 Å². The number of rotatable bonds is 4. The molecule has 1 aliphatic rings. The average molecular weight is 299 g/mol. The minimum absolute atomic E-state index is 0.0923. The van der Waals surface area contributed by atoms with Crippen molar-refractivity contribution >= 4 is 5.91 Å². The van der Waals surface area contributed by atoms with Crippen molar-refractivity contribution in [2.24, 2.45) is 7.05 Å². The third-order valence-electron chi connectivity index (χ3n) is 3.90. The minimum Gasteiger partial charge on any atom is -0.347 e. The van der Waals surface area contributed by atoms with E-state index in [2.05, 4.69) is 20.3 Å².